The van der Waals surface area contributed by atoms with Crippen LogP contribution in [0.15, 0.2) is 30.3 Å². The Kier molecular flexibility index (Phi) is 4.66. The van der Waals surface area contributed by atoms with Crippen LogP contribution >= 0.6 is 0 Å². The summed E-state index contributed by atoms with van der Waals surface area (Å²) in [7, 11) is 0. The average Bonchev–Trinajstić information content (AvgIpc) is 2.45. The molecule has 0 radical (unpaired) electrons. The molecule has 1 aliphatic rings. The average molecular weight is 289 g/mol. The van der Waals surface area contributed by atoms with Gasteiger partial charge in [0, 0.05) is 12.5 Å². The molecule has 0 unspecified atom stereocenters. The van der Waals surface area contributed by atoms with E-state index < -0.39 is 5.60 Å². The minimum absolute atomic E-state index is 0.0164. The van der Waals surface area contributed by atoms with E-state index in [0.29, 0.717) is 6.54 Å². The molecule has 1 amide bonds. The summed E-state index contributed by atoms with van der Waals surface area (Å²) in [6, 6.07) is 9.91. The van der Waals surface area contributed by atoms with Crippen molar-refractivity contribution < 1.29 is 14.3 Å². The fraction of sp³-hybridized carbons (Fsp3) is 0.529. The Bertz CT molecular complexity index is 493. The first-order chi connectivity index (χ1) is 9.90. The van der Waals surface area contributed by atoms with Gasteiger partial charge in [0.25, 0.3) is 0 Å². The van der Waals surface area contributed by atoms with Crippen molar-refractivity contribution in [3.63, 3.8) is 0 Å². The van der Waals surface area contributed by atoms with Gasteiger partial charge in [-0.05, 0) is 39.2 Å². The van der Waals surface area contributed by atoms with Gasteiger partial charge in [0.2, 0.25) is 0 Å². The molecule has 0 bridgehead atoms. The van der Waals surface area contributed by atoms with Gasteiger partial charge in [-0.2, -0.15) is 0 Å². The van der Waals surface area contributed by atoms with E-state index in [1.54, 1.807) is 4.90 Å². The Balaban J connectivity index is 2.21. The van der Waals surface area contributed by atoms with Crippen LogP contribution in [0.3, 0.4) is 0 Å². The molecular formula is C17H23NO3. The lowest BCUT2D eigenvalue weighted by Crippen LogP contribution is -2.45. The van der Waals surface area contributed by atoms with E-state index in [1.807, 2.05) is 51.1 Å². The van der Waals surface area contributed by atoms with Crippen molar-refractivity contribution in [2.24, 2.45) is 5.92 Å². The lowest BCUT2D eigenvalue weighted by Gasteiger charge is -2.39. The van der Waals surface area contributed by atoms with Crippen molar-refractivity contribution in [1.29, 1.82) is 0 Å². The van der Waals surface area contributed by atoms with Crippen LogP contribution in [0.1, 0.15) is 45.2 Å². The predicted octanol–water partition coefficient (Wildman–Crippen LogP) is 3.57. The van der Waals surface area contributed by atoms with Crippen LogP contribution in [0.25, 0.3) is 0 Å². The van der Waals surface area contributed by atoms with Crippen LogP contribution < -0.4 is 0 Å². The molecule has 0 spiro atoms. The fourth-order valence-corrected chi connectivity index (χ4v) is 2.65. The number of piperidine rings is 1. The molecular weight excluding hydrogens is 266 g/mol. The molecule has 4 heteroatoms. The molecule has 1 aromatic carbocycles. The van der Waals surface area contributed by atoms with E-state index in [1.165, 1.54) is 0 Å². The molecule has 0 aromatic heterocycles. The summed E-state index contributed by atoms with van der Waals surface area (Å²) in [4.78, 5) is 25.2. The number of likely N-dealkylation sites (tertiary alicyclic amines) is 1. The summed E-state index contributed by atoms with van der Waals surface area (Å²) in [6.45, 7) is 5.98. The normalized spacial score (nSPS) is 22.7. The van der Waals surface area contributed by atoms with Gasteiger partial charge in [0.1, 0.15) is 11.9 Å². The number of nitrogens with zero attached hydrogens (tertiary/aromatic N) is 1. The van der Waals surface area contributed by atoms with Crippen LogP contribution in [-0.2, 0) is 9.53 Å². The summed E-state index contributed by atoms with van der Waals surface area (Å²) >= 11 is 0. The van der Waals surface area contributed by atoms with Crippen molar-refractivity contribution >= 4 is 12.4 Å². The monoisotopic (exact) mass is 289 g/mol. The van der Waals surface area contributed by atoms with E-state index in [2.05, 4.69) is 0 Å². The zero-order chi connectivity index (χ0) is 15.5. The standard InChI is InChI=1S/C17H23NO3/c1-17(2,3)21-16(20)18-11-13(12-19)9-10-15(18)14-7-5-4-6-8-14/h4-8,12-13,15H,9-11H2,1-3H3/t13-,15-/m1/s1. The number of hydrogen-bond acceptors (Lipinski definition) is 3. The van der Waals surface area contributed by atoms with Crippen molar-refractivity contribution in [2.45, 2.75) is 45.3 Å². The first kappa shape index (κ1) is 15.5. The van der Waals surface area contributed by atoms with Crippen molar-refractivity contribution in [1.82, 2.24) is 4.90 Å². The number of carbonyl (C=O) groups excluding carboxylic acids is 2. The largest absolute Gasteiger partial charge is 0.444 e. The molecule has 2 rings (SSSR count). The smallest absolute Gasteiger partial charge is 0.410 e. The Morgan fingerprint density at radius 2 is 1.90 bits per heavy atom. The number of carbonyl (C=O) groups is 2. The lowest BCUT2D eigenvalue weighted by atomic mass is 9.90. The number of aldehydes is 1. The Morgan fingerprint density at radius 3 is 2.48 bits per heavy atom. The van der Waals surface area contributed by atoms with Gasteiger partial charge in [-0.25, -0.2) is 4.79 Å². The van der Waals surface area contributed by atoms with Crippen LogP contribution in [0, 0.1) is 5.92 Å². The van der Waals surface area contributed by atoms with Gasteiger partial charge in [-0.3, -0.25) is 0 Å². The number of benzene rings is 1. The highest BCUT2D eigenvalue weighted by Gasteiger charge is 2.34. The van der Waals surface area contributed by atoms with Crippen LogP contribution in [0.2, 0.25) is 0 Å². The zero-order valence-electron chi connectivity index (χ0n) is 12.9. The third-order valence-corrected chi connectivity index (χ3v) is 3.62. The second kappa shape index (κ2) is 6.29. The third-order valence-electron chi connectivity index (χ3n) is 3.62. The predicted molar refractivity (Wildman–Crippen MR) is 80.9 cm³/mol. The molecule has 0 N–H and O–H groups in total. The minimum atomic E-state index is -0.535. The van der Waals surface area contributed by atoms with Gasteiger partial charge >= 0.3 is 6.09 Å². The van der Waals surface area contributed by atoms with Gasteiger partial charge < -0.3 is 14.4 Å². The topological polar surface area (TPSA) is 46.6 Å². The van der Waals surface area contributed by atoms with E-state index in [4.69, 9.17) is 4.74 Å². The van der Waals surface area contributed by atoms with E-state index >= 15 is 0 Å². The van der Waals surface area contributed by atoms with Crippen molar-refractivity contribution in [3.05, 3.63) is 35.9 Å². The van der Waals surface area contributed by atoms with Gasteiger partial charge in [-0.15, -0.1) is 0 Å². The summed E-state index contributed by atoms with van der Waals surface area (Å²) in [5, 5.41) is 0. The number of amides is 1. The molecule has 21 heavy (non-hydrogen) atoms. The molecule has 1 aromatic rings. The summed E-state index contributed by atoms with van der Waals surface area (Å²) in [6.07, 6.45) is 2.19. The second-order valence-electron chi connectivity index (χ2n) is 6.53. The molecule has 1 aliphatic heterocycles. The Labute approximate surface area is 126 Å². The number of hydrogen-bond donors (Lipinski definition) is 0. The fourth-order valence-electron chi connectivity index (χ4n) is 2.65. The highest BCUT2D eigenvalue weighted by atomic mass is 16.6. The highest BCUT2D eigenvalue weighted by molar-refractivity contribution is 5.70. The maximum atomic E-state index is 12.4. The van der Waals surface area contributed by atoms with Crippen LogP contribution in [-0.4, -0.2) is 29.4 Å². The van der Waals surface area contributed by atoms with Crippen molar-refractivity contribution in [2.75, 3.05) is 6.54 Å². The van der Waals surface area contributed by atoms with E-state index in [9.17, 15) is 9.59 Å². The summed E-state index contributed by atoms with van der Waals surface area (Å²) < 4.78 is 5.49. The SMILES string of the molecule is CC(C)(C)OC(=O)N1C[C@H](C=O)CC[C@@H]1c1ccccc1. The van der Waals surface area contributed by atoms with Crippen LogP contribution in [0.4, 0.5) is 4.79 Å². The van der Waals surface area contributed by atoms with E-state index in [-0.39, 0.29) is 18.1 Å². The second-order valence-corrected chi connectivity index (χ2v) is 6.53. The Morgan fingerprint density at radius 1 is 1.24 bits per heavy atom. The van der Waals surface area contributed by atoms with Gasteiger partial charge in [-0.1, -0.05) is 30.3 Å². The quantitative estimate of drug-likeness (QED) is 0.782. The summed E-state index contributed by atoms with van der Waals surface area (Å²) in [5.41, 5.74) is 0.555. The molecule has 1 fully saturated rings. The van der Waals surface area contributed by atoms with Gasteiger partial charge in [0.15, 0.2) is 0 Å². The molecule has 114 valence electrons. The lowest BCUT2D eigenvalue weighted by molar-refractivity contribution is -0.113. The Hall–Kier alpha value is -1.84. The third kappa shape index (κ3) is 4.06. The first-order valence-electron chi connectivity index (χ1n) is 7.40. The molecule has 0 aliphatic carbocycles. The highest BCUT2D eigenvalue weighted by Crippen LogP contribution is 2.33. The maximum Gasteiger partial charge on any atom is 0.410 e. The molecule has 1 saturated heterocycles. The number of ether oxygens (including phenoxy) is 1. The maximum absolute atomic E-state index is 12.4. The van der Waals surface area contributed by atoms with Crippen LogP contribution in [0.5, 0.6) is 0 Å². The van der Waals surface area contributed by atoms with E-state index in [0.717, 1.165) is 24.7 Å². The molecule has 2 atom stereocenters. The summed E-state index contributed by atoms with van der Waals surface area (Å²) in [5.74, 6) is -0.0996. The first-order valence-corrected chi connectivity index (χ1v) is 7.40. The number of rotatable bonds is 2. The molecule has 0 saturated carbocycles. The minimum Gasteiger partial charge on any atom is -0.444 e. The van der Waals surface area contributed by atoms with Crippen molar-refractivity contribution in [3.8, 4) is 0 Å². The van der Waals surface area contributed by atoms with Gasteiger partial charge in [0.05, 0.1) is 6.04 Å². The molecule has 1 heterocycles. The molecule has 4 nitrogen and oxygen atoms in total. The zero-order valence-corrected chi connectivity index (χ0v) is 12.9.